The highest BCUT2D eigenvalue weighted by Gasteiger charge is 2.33. The molecule has 0 bridgehead atoms. The van der Waals surface area contributed by atoms with Crippen molar-refractivity contribution < 1.29 is 43.8 Å². The van der Waals surface area contributed by atoms with E-state index < -0.39 is 44.7 Å². The Hall–Kier alpha value is -0.870. The fourth-order valence-electron chi connectivity index (χ4n) is 1.15. The van der Waals surface area contributed by atoms with E-state index in [1.54, 1.807) is 0 Å². The van der Waals surface area contributed by atoms with Crippen LogP contribution < -0.4 is 5.32 Å². The van der Waals surface area contributed by atoms with E-state index in [0.29, 0.717) is 0 Å². The highest BCUT2D eigenvalue weighted by molar-refractivity contribution is 7.46. The Morgan fingerprint density at radius 1 is 1.32 bits per heavy atom. The zero-order valence-corrected chi connectivity index (χ0v) is 10.8. The molecule has 0 fully saturated rings. The Bertz CT molecular complexity index is 356. The average Bonchev–Trinajstić information content (AvgIpc) is 2.29. The Labute approximate surface area is 108 Å². The van der Waals surface area contributed by atoms with Gasteiger partial charge in [-0.1, -0.05) is 0 Å². The molecule has 0 aliphatic carbocycles. The molecule has 0 rings (SSSR count). The van der Waals surface area contributed by atoms with Gasteiger partial charge in [0.15, 0.2) is 0 Å². The summed E-state index contributed by atoms with van der Waals surface area (Å²) in [5.74, 6) is -0.649. The number of nitrogens with one attached hydrogen (secondary N) is 1. The van der Waals surface area contributed by atoms with Crippen LogP contribution in [0.1, 0.15) is 6.92 Å². The van der Waals surface area contributed by atoms with Gasteiger partial charge in [-0.2, -0.15) is 0 Å². The largest absolute Gasteiger partial charge is 0.469 e. The van der Waals surface area contributed by atoms with Gasteiger partial charge in [0.1, 0.15) is 30.6 Å². The molecule has 0 aromatic rings. The topological polar surface area (TPSA) is 174 Å². The minimum Gasteiger partial charge on any atom is -0.388 e. The number of carbonyl (C=O) groups is 2. The third kappa shape index (κ3) is 7.33. The number of rotatable bonds is 8. The highest BCUT2D eigenvalue weighted by atomic mass is 31.2. The van der Waals surface area contributed by atoms with E-state index in [4.69, 9.17) is 9.79 Å². The normalized spacial score (nSPS) is 18.2. The molecule has 0 aromatic heterocycles. The van der Waals surface area contributed by atoms with Crippen LogP contribution in [0.25, 0.3) is 0 Å². The molecule has 19 heavy (non-hydrogen) atoms. The molecule has 4 atom stereocenters. The molecule has 1 amide bonds. The molecule has 0 heterocycles. The van der Waals surface area contributed by atoms with E-state index >= 15 is 0 Å². The van der Waals surface area contributed by atoms with Crippen molar-refractivity contribution in [2.24, 2.45) is 0 Å². The minimum absolute atomic E-state index is 0.145. The van der Waals surface area contributed by atoms with Crippen molar-refractivity contribution in [1.82, 2.24) is 5.32 Å². The Morgan fingerprint density at radius 3 is 2.21 bits per heavy atom. The number of aldehydes is 1. The van der Waals surface area contributed by atoms with Crippen LogP contribution in [-0.2, 0) is 18.7 Å². The van der Waals surface area contributed by atoms with Crippen molar-refractivity contribution in [3.63, 3.8) is 0 Å². The summed E-state index contributed by atoms with van der Waals surface area (Å²) >= 11 is 0. The summed E-state index contributed by atoms with van der Waals surface area (Å²) in [6, 6.07) is -1.47. The first-order chi connectivity index (χ1) is 8.58. The second-order valence-electron chi connectivity index (χ2n) is 3.70. The predicted molar refractivity (Wildman–Crippen MR) is 59.7 cm³/mol. The summed E-state index contributed by atoms with van der Waals surface area (Å²) in [7, 11) is -4.83. The van der Waals surface area contributed by atoms with Gasteiger partial charge in [-0.3, -0.25) is 9.32 Å². The van der Waals surface area contributed by atoms with Crippen molar-refractivity contribution in [2.45, 2.75) is 31.3 Å². The van der Waals surface area contributed by atoms with Crippen LogP contribution in [0, 0.1) is 0 Å². The van der Waals surface area contributed by atoms with E-state index in [-0.39, 0.29) is 6.29 Å². The number of carbonyl (C=O) groups excluding carboxylic acids is 2. The molecular formula is C8H16NO9P. The van der Waals surface area contributed by atoms with Crippen molar-refractivity contribution in [1.29, 1.82) is 0 Å². The van der Waals surface area contributed by atoms with Crippen molar-refractivity contribution in [2.75, 3.05) is 6.61 Å². The van der Waals surface area contributed by atoms with Crippen LogP contribution in [0.2, 0.25) is 0 Å². The molecule has 0 spiro atoms. The quantitative estimate of drug-likeness (QED) is 0.200. The molecule has 0 saturated heterocycles. The van der Waals surface area contributed by atoms with Gasteiger partial charge in [0.25, 0.3) is 0 Å². The number of aliphatic hydroxyl groups is 3. The van der Waals surface area contributed by atoms with Crippen LogP contribution in [0.15, 0.2) is 0 Å². The van der Waals surface area contributed by atoms with E-state index in [2.05, 4.69) is 4.52 Å². The molecule has 0 aliphatic rings. The van der Waals surface area contributed by atoms with Crippen LogP contribution in [-0.4, -0.2) is 68.3 Å². The number of amides is 1. The van der Waals surface area contributed by atoms with Crippen LogP contribution in [0.4, 0.5) is 0 Å². The number of hydrogen-bond acceptors (Lipinski definition) is 7. The standard InChI is InChI=1S/C8H16NO9P/c1-4(11)9-5(2-10)7(13)8(14)6(12)3-18-19(15,16)17/h2,5-8,12-14H,3H2,1H3,(H,9,11)(H2,15,16,17). The molecule has 112 valence electrons. The SMILES string of the molecule is CC(=O)NC(C=O)C(O)C(O)C(O)COP(=O)(O)O. The molecule has 11 heteroatoms. The number of phosphoric acid groups is 1. The molecule has 10 nitrogen and oxygen atoms in total. The smallest absolute Gasteiger partial charge is 0.388 e. The number of aliphatic hydroxyl groups excluding tert-OH is 3. The zero-order valence-electron chi connectivity index (χ0n) is 9.91. The zero-order chi connectivity index (χ0) is 15.2. The number of hydrogen-bond donors (Lipinski definition) is 6. The highest BCUT2D eigenvalue weighted by Crippen LogP contribution is 2.35. The lowest BCUT2D eigenvalue weighted by Crippen LogP contribution is -2.53. The maximum absolute atomic E-state index is 10.7. The van der Waals surface area contributed by atoms with E-state index in [9.17, 15) is 29.5 Å². The second kappa shape index (κ2) is 7.65. The summed E-state index contributed by atoms with van der Waals surface area (Å²) in [6.45, 7) is 0.108. The molecule has 4 unspecified atom stereocenters. The van der Waals surface area contributed by atoms with Crippen LogP contribution >= 0.6 is 7.82 Å². The fraction of sp³-hybridized carbons (Fsp3) is 0.750. The van der Waals surface area contributed by atoms with Crippen molar-refractivity contribution in [3.8, 4) is 0 Å². The van der Waals surface area contributed by atoms with Crippen LogP contribution in [0.5, 0.6) is 0 Å². The van der Waals surface area contributed by atoms with Crippen molar-refractivity contribution in [3.05, 3.63) is 0 Å². The van der Waals surface area contributed by atoms with Gasteiger partial charge in [0.2, 0.25) is 5.91 Å². The van der Waals surface area contributed by atoms with E-state index in [1.807, 2.05) is 5.32 Å². The summed E-state index contributed by atoms with van der Waals surface area (Å²) in [4.78, 5) is 38.1. The first-order valence-electron chi connectivity index (χ1n) is 5.05. The van der Waals surface area contributed by atoms with E-state index in [1.165, 1.54) is 0 Å². The third-order valence-electron chi connectivity index (χ3n) is 2.04. The maximum Gasteiger partial charge on any atom is 0.469 e. The van der Waals surface area contributed by atoms with Gasteiger partial charge < -0.3 is 35.2 Å². The molecule has 0 aliphatic heterocycles. The monoisotopic (exact) mass is 301 g/mol. The molecule has 6 N–H and O–H groups in total. The Morgan fingerprint density at radius 2 is 1.84 bits per heavy atom. The Kier molecular flexibility index (Phi) is 7.30. The minimum atomic E-state index is -4.83. The van der Waals surface area contributed by atoms with Gasteiger partial charge in [0, 0.05) is 6.92 Å². The lowest BCUT2D eigenvalue weighted by Gasteiger charge is -2.26. The van der Waals surface area contributed by atoms with Crippen LogP contribution in [0.3, 0.4) is 0 Å². The lowest BCUT2D eigenvalue weighted by atomic mass is 10.0. The summed E-state index contributed by atoms with van der Waals surface area (Å²) in [5.41, 5.74) is 0. The van der Waals surface area contributed by atoms with Gasteiger partial charge in [0.05, 0.1) is 6.61 Å². The first-order valence-corrected chi connectivity index (χ1v) is 6.58. The fourth-order valence-corrected chi connectivity index (χ4v) is 1.49. The predicted octanol–water partition coefficient (Wildman–Crippen LogP) is -3.12. The van der Waals surface area contributed by atoms with Gasteiger partial charge in [-0.05, 0) is 0 Å². The number of phosphoric ester groups is 1. The van der Waals surface area contributed by atoms with E-state index in [0.717, 1.165) is 6.92 Å². The van der Waals surface area contributed by atoms with Gasteiger partial charge in [-0.15, -0.1) is 0 Å². The third-order valence-corrected chi connectivity index (χ3v) is 2.53. The summed E-state index contributed by atoms with van der Waals surface area (Å²) in [6.07, 6.45) is -5.53. The Balaban J connectivity index is 4.51. The lowest BCUT2D eigenvalue weighted by molar-refractivity contribution is -0.129. The van der Waals surface area contributed by atoms with Gasteiger partial charge in [-0.25, -0.2) is 4.57 Å². The second-order valence-corrected chi connectivity index (χ2v) is 4.94. The average molecular weight is 301 g/mol. The summed E-state index contributed by atoms with van der Waals surface area (Å²) in [5, 5.41) is 30.3. The molecule has 0 aromatic carbocycles. The molecular weight excluding hydrogens is 285 g/mol. The first kappa shape index (κ1) is 18.1. The van der Waals surface area contributed by atoms with Crippen molar-refractivity contribution >= 4 is 20.0 Å². The maximum atomic E-state index is 10.7. The summed E-state index contributed by atoms with van der Waals surface area (Å²) < 4.78 is 14.3. The molecule has 0 radical (unpaired) electrons. The van der Waals surface area contributed by atoms with Gasteiger partial charge >= 0.3 is 7.82 Å². The molecule has 0 saturated carbocycles.